The SMILES string of the molecule is CC(C)OCCCN1C(=O)C(Nc2ccc(C(C)C)cc2)=C(c2ccccc2)C1=O. The number of nitrogens with one attached hydrogen (secondary N) is 1. The van der Waals surface area contributed by atoms with Crippen LogP contribution in [0.25, 0.3) is 5.57 Å². The second-order valence-electron chi connectivity index (χ2n) is 8.05. The summed E-state index contributed by atoms with van der Waals surface area (Å²) in [6.45, 7) is 9.05. The third kappa shape index (κ3) is 4.97. The number of amides is 2. The predicted molar refractivity (Wildman–Crippen MR) is 120 cm³/mol. The molecule has 0 radical (unpaired) electrons. The molecular weight excluding hydrogens is 376 g/mol. The van der Waals surface area contributed by atoms with Gasteiger partial charge in [-0.3, -0.25) is 14.5 Å². The number of ether oxygens (including phenoxy) is 1. The molecule has 30 heavy (non-hydrogen) atoms. The number of carbonyl (C=O) groups excluding carboxylic acids is 2. The lowest BCUT2D eigenvalue weighted by Crippen LogP contribution is -2.34. The Labute approximate surface area is 178 Å². The first kappa shape index (κ1) is 21.8. The second kappa shape index (κ2) is 9.72. The van der Waals surface area contributed by atoms with Crippen LogP contribution in [0, 0.1) is 0 Å². The standard InChI is InChI=1S/C25H30N2O3/c1-17(2)19-11-13-21(14-12-19)26-23-22(20-9-6-5-7-10-20)24(28)27(25(23)29)15-8-16-30-18(3)4/h5-7,9-14,17-18,26H,8,15-16H2,1-4H3. The van der Waals surface area contributed by atoms with Gasteiger partial charge in [-0.25, -0.2) is 0 Å². The Bertz CT molecular complexity index is 915. The van der Waals surface area contributed by atoms with E-state index in [4.69, 9.17) is 4.74 Å². The van der Waals surface area contributed by atoms with Crippen LogP contribution in [-0.2, 0) is 14.3 Å². The summed E-state index contributed by atoms with van der Waals surface area (Å²) in [6, 6.07) is 17.3. The van der Waals surface area contributed by atoms with Gasteiger partial charge in [-0.15, -0.1) is 0 Å². The van der Waals surface area contributed by atoms with Crippen molar-refractivity contribution < 1.29 is 14.3 Å². The van der Waals surface area contributed by atoms with Crippen LogP contribution in [0.3, 0.4) is 0 Å². The molecule has 0 bridgehead atoms. The Morgan fingerprint density at radius 1 is 0.900 bits per heavy atom. The van der Waals surface area contributed by atoms with Crippen molar-refractivity contribution in [2.45, 2.75) is 46.1 Å². The lowest BCUT2D eigenvalue weighted by molar-refractivity contribution is -0.137. The molecule has 0 fully saturated rings. The van der Waals surface area contributed by atoms with Gasteiger partial charge >= 0.3 is 0 Å². The van der Waals surface area contributed by atoms with Crippen LogP contribution in [-0.4, -0.2) is 36.0 Å². The highest BCUT2D eigenvalue weighted by molar-refractivity contribution is 6.36. The van der Waals surface area contributed by atoms with E-state index in [1.807, 2.05) is 68.4 Å². The van der Waals surface area contributed by atoms with Crippen LogP contribution in [0.1, 0.15) is 51.2 Å². The van der Waals surface area contributed by atoms with E-state index in [2.05, 4.69) is 19.2 Å². The van der Waals surface area contributed by atoms with Crippen LogP contribution in [0.5, 0.6) is 0 Å². The van der Waals surface area contributed by atoms with Crippen LogP contribution < -0.4 is 5.32 Å². The van der Waals surface area contributed by atoms with Gasteiger partial charge in [-0.2, -0.15) is 0 Å². The molecule has 0 spiro atoms. The van der Waals surface area contributed by atoms with Crippen molar-refractivity contribution in [3.05, 3.63) is 71.4 Å². The predicted octanol–water partition coefficient (Wildman–Crippen LogP) is 4.82. The summed E-state index contributed by atoms with van der Waals surface area (Å²) in [4.78, 5) is 27.6. The number of hydrogen-bond acceptors (Lipinski definition) is 4. The Balaban J connectivity index is 1.86. The molecule has 158 valence electrons. The molecule has 0 saturated heterocycles. The van der Waals surface area contributed by atoms with Crippen molar-refractivity contribution in [3.8, 4) is 0 Å². The van der Waals surface area contributed by atoms with Gasteiger partial charge in [0.2, 0.25) is 0 Å². The molecule has 1 aliphatic heterocycles. The topological polar surface area (TPSA) is 58.6 Å². The summed E-state index contributed by atoms with van der Waals surface area (Å²) in [5, 5.41) is 3.21. The van der Waals surface area contributed by atoms with Crippen molar-refractivity contribution in [2.24, 2.45) is 0 Å². The van der Waals surface area contributed by atoms with E-state index >= 15 is 0 Å². The fourth-order valence-corrected chi connectivity index (χ4v) is 3.41. The molecule has 5 heteroatoms. The van der Waals surface area contributed by atoms with E-state index in [1.165, 1.54) is 10.5 Å². The van der Waals surface area contributed by atoms with Crippen molar-refractivity contribution in [3.63, 3.8) is 0 Å². The molecule has 1 heterocycles. The van der Waals surface area contributed by atoms with Gasteiger partial charge in [0.1, 0.15) is 5.70 Å². The Kier molecular flexibility index (Phi) is 7.06. The lowest BCUT2D eigenvalue weighted by Gasteiger charge is -2.16. The van der Waals surface area contributed by atoms with E-state index in [-0.39, 0.29) is 17.9 Å². The number of imide groups is 1. The smallest absolute Gasteiger partial charge is 0.278 e. The molecule has 0 atom stereocenters. The maximum absolute atomic E-state index is 13.2. The highest BCUT2D eigenvalue weighted by atomic mass is 16.5. The van der Waals surface area contributed by atoms with Gasteiger partial charge in [0.15, 0.2) is 0 Å². The van der Waals surface area contributed by atoms with Crippen molar-refractivity contribution in [1.82, 2.24) is 4.90 Å². The largest absolute Gasteiger partial charge is 0.379 e. The molecule has 5 nitrogen and oxygen atoms in total. The maximum atomic E-state index is 13.2. The van der Waals surface area contributed by atoms with Crippen LogP contribution in [0.4, 0.5) is 5.69 Å². The number of rotatable bonds is 9. The highest BCUT2D eigenvalue weighted by Gasteiger charge is 2.38. The minimum absolute atomic E-state index is 0.124. The first-order valence-corrected chi connectivity index (χ1v) is 10.5. The first-order chi connectivity index (χ1) is 14.4. The first-order valence-electron chi connectivity index (χ1n) is 10.5. The van der Waals surface area contributed by atoms with Crippen LogP contribution in [0.2, 0.25) is 0 Å². The molecule has 0 saturated carbocycles. The van der Waals surface area contributed by atoms with Crippen LogP contribution in [0.15, 0.2) is 60.3 Å². The van der Waals surface area contributed by atoms with E-state index in [0.717, 1.165) is 11.3 Å². The third-order valence-electron chi connectivity index (χ3n) is 5.05. The number of hydrogen-bond donors (Lipinski definition) is 1. The average molecular weight is 407 g/mol. The van der Waals surface area contributed by atoms with Gasteiger partial charge < -0.3 is 10.1 Å². The Morgan fingerprint density at radius 3 is 2.17 bits per heavy atom. The fourth-order valence-electron chi connectivity index (χ4n) is 3.41. The zero-order valence-corrected chi connectivity index (χ0v) is 18.1. The molecule has 1 N–H and O–H groups in total. The number of anilines is 1. The molecule has 2 aromatic carbocycles. The van der Waals surface area contributed by atoms with E-state index < -0.39 is 0 Å². The molecule has 2 amide bonds. The summed E-state index contributed by atoms with van der Waals surface area (Å²) in [7, 11) is 0. The van der Waals surface area contributed by atoms with E-state index in [1.54, 1.807) is 0 Å². The Morgan fingerprint density at radius 2 is 1.57 bits per heavy atom. The fraction of sp³-hybridized carbons (Fsp3) is 0.360. The zero-order valence-electron chi connectivity index (χ0n) is 18.1. The third-order valence-corrected chi connectivity index (χ3v) is 5.05. The summed E-state index contributed by atoms with van der Waals surface area (Å²) >= 11 is 0. The van der Waals surface area contributed by atoms with Crippen molar-refractivity contribution in [1.29, 1.82) is 0 Å². The van der Waals surface area contributed by atoms with Gasteiger partial charge in [-0.05, 0) is 49.4 Å². The van der Waals surface area contributed by atoms with E-state index in [9.17, 15) is 9.59 Å². The molecule has 0 unspecified atom stereocenters. The highest BCUT2D eigenvalue weighted by Crippen LogP contribution is 2.31. The second-order valence-corrected chi connectivity index (χ2v) is 8.05. The Hall–Kier alpha value is -2.92. The summed E-state index contributed by atoms with van der Waals surface area (Å²) < 4.78 is 5.56. The van der Waals surface area contributed by atoms with Gasteiger partial charge in [0, 0.05) is 18.8 Å². The molecule has 3 rings (SSSR count). The molecule has 0 aromatic heterocycles. The minimum atomic E-state index is -0.295. The van der Waals surface area contributed by atoms with Gasteiger partial charge in [0.25, 0.3) is 11.8 Å². The average Bonchev–Trinajstić information content (AvgIpc) is 2.96. The van der Waals surface area contributed by atoms with Crippen molar-refractivity contribution in [2.75, 3.05) is 18.5 Å². The van der Waals surface area contributed by atoms with Gasteiger partial charge in [0.05, 0.1) is 11.7 Å². The van der Waals surface area contributed by atoms with Gasteiger partial charge in [-0.1, -0.05) is 56.3 Å². The lowest BCUT2D eigenvalue weighted by atomic mass is 10.0. The monoisotopic (exact) mass is 406 g/mol. The van der Waals surface area contributed by atoms with Crippen molar-refractivity contribution >= 4 is 23.1 Å². The minimum Gasteiger partial charge on any atom is -0.379 e. The molecular formula is C25H30N2O3. The zero-order chi connectivity index (χ0) is 21.7. The molecule has 2 aromatic rings. The number of carbonyl (C=O) groups is 2. The normalized spacial score (nSPS) is 14.4. The van der Waals surface area contributed by atoms with Crippen LogP contribution >= 0.6 is 0 Å². The molecule has 0 aliphatic carbocycles. The molecule has 1 aliphatic rings. The maximum Gasteiger partial charge on any atom is 0.278 e. The number of benzene rings is 2. The number of nitrogens with zero attached hydrogens (tertiary/aromatic N) is 1. The summed E-state index contributed by atoms with van der Waals surface area (Å²) in [6.07, 6.45) is 0.729. The van der Waals surface area contributed by atoms with E-state index in [0.29, 0.717) is 36.8 Å². The quantitative estimate of drug-likeness (QED) is 0.479. The summed E-state index contributed by atoms with van der Waals surface area (Å²) in [5.74, 6) is -0.134. The summed E-state index contributed by atoms with van der Waals surface area (Å²) in [5.41, 5.74) is 3.48.